The van der Waals surface area contributed by atoms with Crippen molar-refractivity contribution in [3.8, 4) is 0 Å². The molecule has 2 nitrogen and oxygen atoms in total. The second-order valence-corrected chi connectivity index (χ2v) is 7.45. The first-order valence-corrected chi connectivity index (χ1v) is 9.64. The van der Waals surface area contributed by atoms with Gasteiger partial charge in [-0.2, -0.15) is 0 Å². The molecule has 1 aliphatic carbocycles. The molecule has 1 rings (SSSR count). The topological polar surface area (TPSA) is 29.3 Å². The van der Waals surface area contributed by atoms with Crippen molar-refractivity contribution in [3.05, 3.63) is 0 Å². The van der Waals surface area contributed by atoms with E-state index in [-0.39, 0.29) is 0 Å². The molecule has 0 aromatic heterocycles. The molecule has 21 heavy (non-hydrogen) atoms. The fourth-order valence-corrected chi connectivity index (χ4v) is 3.23. The fraction of sp³-hybridized carbons (Fsp3) is 1.00. The minimum Gasteiger partial charge on any atom is -0.329 e. The highest BCUT2D eigenvalue weighted by molar-refractivity contribution is 4.89. The Balaban J connectivity index is 2.18. The zero-order valence-electron chi connectivity index (χ0n) is 14.9. The Bertz CT molecular complexity index is 236. The lowest BCUT2D eigenvalue weighted by Gasteiger charge is -2.31. The normalized spacial score (nSPS) is 16.9. The maximum Gasteiger partial charge on any atom is 0.0221 e. The van der Waals surface area contributed by atoms with Gasteiger partial charge in [0, 0.05) is 18.6 Å². The Labute approximate surface area is 133 Å². The number of hydrogen-bond donors (Lipinski definition) is 1. The average Bonchev–Trinajstić information content (AvgIpc) is 3.28. The molecule has 0 amide bonds. The molecule has 0 radical (unpaired) electrons. The zero-order chi connectivity index (χ0) is 15.5. The van der Waals surface area contributed by atoms with Crippen molar-refractivity contribution in [2.45, 2.75) is 103 Å². The average molecular weight is 297 g/mol. The molecule has 2 heteroatoms. The summed E-state index contributed by atoms with van der Waals surface area (Å²) in [6.45, 7) is 9.07. The van der Waals surface area contributed by atoms with E-state index >= 15 is 0 Å². The van der Waals surface area contributed by atoms with E-state index in [0.717, 1.165) is 18.5 Å². The van der Waals surface area contributed by atoms with Crippen LogP contribution < -0.4 is 5.73 Å². The van der Waals surface area contributed by atoms with E-state index in [4.69, 9.17) is 5.73 Å². The summed E-state index contributed by atoms with van der Waals surface area (Å²) in [5.74, 6) is 0.809. The highest BCUT2D eigenvalue weighted by Crippen LogP contribution is 2.30. The van der Waals surface area contributed by atoms with Gasteiger partial charge in [-0.15, -0.1) is 0 Å². The van der Waals surface area contributed by atoms with Gasteiger partial charge in [0.2, 0.25) is 0 Å². The van der Waals surface area contributed by atoms with Gasteiger partial charge in [0.1, 0.15) is 0 Å². The molecule has 1 unspecified atom stereocenters. The number of hydrogen-bond acceptors (Lipinski definition) is 2. The lowest BCUT2D eigenvalue weighted by atomic mass is 10.0. The van der Waals surface area contributed by atoms with Crippen LogP contribution in [-0.4, -0.2) is 30.1 Å². The molecule has 1 aliphatic rings. The zero-order valence-corrected chi connectivity index (χ0v) is 14.9. The Morgan fingerprint density at radius 2 is 1.57 bits per heavy atom. The number of nitrogens with two attached hydrogens (primary N) is 1. The lowest BCUT2D eigenvalue weighted by Crippen LogP contribution is -2.43. The third-order valence-electron chi connectivity index (χ3n) is 4.86. The van der Waals surface area contributed by atoms with E-state index in [2.05, 4.69) is 25.7 Å². The van der Waals surface area contributed by atoms with Crippen LogP contribution >= 0.6 is 0 Å². The molecule has 0 aliphatic heterocycles. The van der Waals surface area contributed by atoms with Crippen LogP contribution in [0.15, 0.2) is 0 Å². The Kier molecular flexibility index (Phi) is 10.4. The summed E-state index contributed by atoms with van der Waals surface area (Å²) in [4.78, 5) is 2.75. The predicted octanol–water partition coefficient (Wildman–Crippen LogP) is 4.96. The SMILES string of the molecule is CCCCCCCCCC(CN)N(CCC(C)C)C1CC1. The van der Waals surface area contributed by atoms with Crippen molar-refractivity contribution >= 4 is 0 Å². The van der Waals surface area contributed by atoms with Crippen LogP contribution in [0, 0.1) is 5.92 Å². The van der Waals surface area contributed by atoms with Gasteiger partial charge in [-0.1, -0.05) is 65.7 Å². The molecule has 0 bridgehead atoms. The first kappa shape index (κ1) is 19.0. The molecule has 0 aromatic carbocycles. The van der Waals surface area contributed by atoms with E-state index in [9.17, 15) is 0 Å². The molecule has 0 heterocycles. The van der Waals surface area contributed by atoms with E-state index < -0.39 is 0 Å². The van der Waals surface area contributed by atoms with Gasteiger partial charge in [0.05, 0.1) is 0 Å². The van der Waals surface area contributed by atoms with Gasteiger partial charge < -0.3 is 5.73 Å². The summed E-state index contributed by atoms with van der Waals surface area (Å²) in [6.07, 6.45) is 15.3. The van der Waals surface area contributed by atoms with E-state index in [1.165, 1.54) is 77.2 Å². The monoisotopic (exact) mass is 296 g/mol. The van der Waals surface area contributed by atoms with Crippen LogP contribution in [0.5, 0.6) is 0 Å². The Hall–Kier alpha value is -0.0800. The van der Waals surface area contributed by atoms with Crippen molar-refractivity contribution < 1.29 is 0 Å². The maximum absolute atomic E-state index is 6.08. The van der Waals surface area contributed by atoms with Crippen molar-refractivity contribution in [1.29, 1.82) is 0 Å². The summed E-state index contributed by atoms with van der Waals surface area (Å²) in [5, 5.41) is 0. The molecular formula is C19H40N2. The second kappa shape index (κ2) is 11.5. The fourth-order valence-electron chi connectivity index (χ4n) is 3.23. The van der Waals surface area contributed by atoms with E-state index in [0.29, 0.717) is 6.04 Å². The predicted molar refractivity (Wildman–Crippen MR) is 94.6 cm³/mol. The van der Waals surface area contributed by atoms with Crippen molar-refractivity contribution in [2.24, 2.45) is 11.7 Å². The molecule has 126 valence electrons. The minimum absolute atomic E-state index is 0.645. The quantitative estimate of drug-likeness (QED) is 0.459. The molecule has 0 spiro atoms. The van der Waals surface area contributed by atoms with Crippen LogP contribution in [0.4, 0.5) is 0 Å². The molecule has 1 atom stereocenters. The van der Waals surface area contributed by atoms with Crippen molar-refractivity contribution in [2.75, 3.05) is 13.1 Å². The van der Waals surface area contributed by atoms with Crippen LogP contribution in [0.1, 0.15) is 91.4 Å². The van der Waals surface area contributed by atoms with Crippen LogP contribution in [0.25, 0.3) is 0 Å². The summed E-state index contributed by atoms with van der Waals surface area (Å²) >= 11 is 0. The standard InChI is InChI=1S/C19H40N2/c1-4-5-6-7-8-9-10-11-19(16-20)21(18-12-13-18)15-14-17(2)3/h17-19H,4-16,20H2,1-3H3. The van der Waals surface area contributed by atoms with Gasteiger partial charge in [0.25, 0.3) is 0 Å². The van der Waals surface area contributed by atoms with E-state index in [1.54, 1.807) is 0 Å². The van der Waals surface area contributed by atoms with Crippen molar-refractivity contribution in [1.82, 2.24) is 4.90 Å². The van der Waals surface area contributed by atoms with Gasteiger partial charge in [-0.25, -0.2) is 0 Å². The summed E-state index contributed by atoms with van der Waals surface area (Å²) in [6, 6.07) is 1.51. The van der Waals surface area contributed by atoms with Crippen LogP contribution in [0.2, 0.25) is 0 Å². The molecule has 1 saturated carbocycles. The number of unbranched alkanes of at least 4 members (excludes halogenated alkanes) is 6. The Morgan fingerprint density at radius 3 is 2.10 bits per heavy atom. The molecule has 2 N–H and O–H groups in total. The molecule has 0 saturated heterocycles. The third-order valence-corrected chi connectivity index (χ3v) is 4.86. The molecule has 1 fully saturated rings. The molecule has 0 aromatic rings. The van der Waals surface area contributed by atoms with Crippen LogP contribution in [-0.2, 0) is 0 Å². The third kappa shape index (κ3) is 8.83. The Morgan fingerprint density at radius 1 is 0.952 bits per heavy atom. The largest absolute Gasteiger partial charge is 0.329 e. The minimum atomic E-state index is 0.645. The van der Waals surface area contributed by atoms with Crippen molar-refractivity contribution in [3.63, 3.8) is 0 Å². The van der Waals surface area contributed by atoms with Gasteiger partial charge in [-0.05, 0) is 38.1 Å². The van der Waals surface area contributed by atoms with Gasteiger partial charge >= 0.3 is 0 Å². The summed E-state index contributed by atoms with van der Waals surface area (Å²) in [5.41, 5.74) is 6.08. The summed E-state index contributed by atoms with van der Waals surface area (Å²) < 4.78 is 0. The first-order valence-electron chi connectivity index (χ1n) is 9.64. The summed E-state index contributed by atoms with van der Waals surface area (Å²) in [7, 11) is 0. The maximum atomic E-state index is 6.08. The highest BCUT2D eigenvalue weighted by Gasteiger charge is 2.32. The molecular weight excluding hydrogens is 256 g/mol. The first-order chi connectivity index (χ1) is 10.2. The highest BCUT2D eigenvalue weighted by atomic mass is 15.2. The van der Waals surface area contributed by atoms with Gasteiger partial charge in [0.15, 0.2) is 0 Å². The smallest absolute Gasteiger partial charge is 0.0221 e. The van der Waals surface area contributed by atoms with Gasteiger partial charge in [-0.3, -0.25) is 4.90 Å². The number of nitrogens with zero attached hydrogens (tertiary/aromatic N) is 1. The van der Waals surface area contributed by atoms with Crippen LogP contribution in [0.3, 0.4) is 0 Å². The van der Waals surface area contributed by atoms with E-state index in [1.807, 2.05) is 0 Å². The number of rotatable bonds is 14. The lowest BCUT2D eigenvalue weighted by molar-refractivity contribution is 0.168. The second-order valence-electron chi connectivity index (χ2n) is 7.45.